The van der Waals surface area contributed by atoms with Gasteiger partial charge in [-0.1, -0.05) is 0 Å². The minimum atomic E-state index is -4.74. The number of ether oxygens (including phenoxy) is 2. The molecule has 0 aliphatic rings. The summed E-state index contributed by atoms with van der Waals surface area (Å²) in [4.78, 5) is 10.9. The number of thioether (sulfide) groups is 1. The molecule has 10 heteroatoms. The van der Waals surface area contributed by atoms with Crippen LogP contribution in [0.15, 0.2) is 17.0 Å². The van der Waals surface area contributed by atoms with Crippen molar-refractivity contribution in [3.8, 4) is 11.8 Å². The molecule has 0 bridgehead atoms. The van der Waals surface area contributed by atoms with Crippen LogP contribution < -0.4 is 4.74 Å². The maximum Gasteiger partial charge on any atom is 0.446 e. The largest absolute Gasteiger partial charge is 0.465 e. The molecule has 0 N–H and O–H groups in total. The Bertz CT molecular complexity index is 582. The van der Waals surface area contributed by atoms with Gasteiger partial charge in [-0.15, -0.1) is 0 Å². The molecule has 0 heterocycles. The lowest BCUT2D eigenvalue weighted by molar-refractivity contribution is -0.0502. The van der Waals surface area contributed by atoms with Gasteiger partial charge < -0.3 is 9.47 Å². The van der Waals surface area contributed by atoms with Gasteiger partial charge in [-0.05, 0) is 23.9 Å². The SMILES string of the molecule is COC(=O)c1c(SC(F)(F)F)ccc(OC(F)F)c1C#N. The van der Waals surface area contributed by atoms with E-state index in [2.05, 4.69) is 9.47 Å². The number of nitrogens with zero attached hydrogens (tertiary/aromatic N) is 1. The molecule has 1 rings (SSSR count). The fraction of sp³-hybridized carbons (Fsp3) is 0.273. The number of hydrogen-bond acceptors (Lipinski definition) is 5. The summed E-state index contributed by atoms with van der Waals surface area (Å²) in [5, 5.41) is 8.91. The number of rotatable bonds is 4. The van der Waals surface area contributed by atoms with Gasteiger partial charge in [0.15, 0.2) is 0 Å². The van der Waals surface area contributed by atoms with Gasteiger partial charge >= 0.3 is 18.1 Å². The number of carbonyl (C=O) groups is 1. The van der Waals surface area contributed by atoms with E-state index < -0.39 is 51.6 Å². The Hall–Kier alpha value is -2.02. The second-order valence-corrected chi connectivity index (χ2v) is 4.45. The minimum Gasteiger partial charge on any atom is -0.465 e. The third-order valence-corrected chi connectivity index (χ3v) is 2.86. The predicted molar refractivity (Wildman–Crippen MR) is 61.0 cm³/mol. The molecule has 0 fully saturated rings. The first kappa shape index (κ1) is 17.0. The smallest absolute Gasteiger partial charge is 0.446 e. The van der Waals surface area contributed by atoms with E-state index in [9.17, 15) is 26.7 Å². The monoisotopic (exact) mass is 327 g/mol. The van der Waals surface area contributed by atoms with Crippen molar-refractivity contribution < 1.29 is 36.2 Å². The van der Waals surface area contributed by atoms with Gasteiger partial charge in [-0.25, -0.2) is 4.79 Å². The van der Waals surface area contributed by atoms with Gasteiger partial charge in [-0.2, -0.15) is 27.2 Å². The van der Waals surface area contributed by atoms with Crippen LogP contribution >= 0.6 is 11.8 Å². The molecule has 0 saturated heterocycles. The number of esters is 1. The van der Waals surface area contributed by atoms with Crippen molar-refractivity contribution in [2.45, 2.75) is 17.0 Å². The molecular formula is C11H6F5NO3S. The number of benzene rings is 1. The quantitative estimate of drug-likeness (QED) is 0.481. The van der Waals surface area contributed by atoms with E-state index in [1.165, 1.54) is 6.07 Å². The Labute approximate surface area is 119 Å². The van der Waals surface area contributed by atoms with Crippen molar-refractivity contribution >= 4 is 17.7 Å². The maximum absolute atomic E-state index is 12.4. The van der Waals surface area contributed by atoms with E-state index >= 15 is 0 Å². The van der Waals surface area contributed by atoms with Gasteiger partial charge in [0.2, 0.25) is 0 Å². The summed E-state index contributed by atoms with van der Waals surface area (Å²) in [6.07, 6.45) is 0. The van der Waals surface area contributed by atoms with E-state index in [-0.39, 0.29) is 0 Å². The van der Waals surface area contributed by atoms with Gasteiger partial charge in [0.1, 0.15) is 17.4 Å². The van der Waals surface area contributed by atoms with Crippen LogP contribution in [0.25, 0.3) is 0 Å². The molecule has 21 heavy (non-hydrogen) atoms. The molecule has 0 spiro atoms. The van der Waals surface area contributed by atoms with E-state index in [0.29, 0.717) is 0 Å². The highest BCUT2D eigenvalue weighted by Gasteiger charge is 2.33. The zero-order valence-corrected chi connectivity index (χ0v) is 11.0. The second kappa shape index (κ2) is 6.62. The summed E-state index contributed by atoms with van der Waals surface area (Å²) in [6, 6.07) is 2.88. The molecule has 0 saturated carbocycles. The van der Waals surface area contributed by atoms with Crippen LogP contribution in [0.1, 0.15) is 15.9 Å². The number of methoxy groups -OCH3 is 1. The Morgan fingerprint density at radius 2 is 2.00 bits per heavy atom. The topological polar surface area (TPSA) is 59.3 Å². The second-order valence-electron chi connectivity index (χ2n) is 3.34. The number of halogens is 5. The Morgan fingerprint density at radius 3 is 2.43 bits per heavy atom. The Morgan fingerprint density at radius 1 is 1.38 bits per heavy atom. The molecule has 0 aromatic heterocycles. The van der Waals surface area contributed by atoms with Crippen LogP contribution in [-0.2, 0) is 4.74 Å². The molecule has 0 aliphatic heterocycles. The first-order valence-corrected chi connectivity index (χ1v) is 5.87. The summed E-state index contributed by atoms with van der Waals surface area (Å²) in [5.41, 5.74) is -6.27. The van der Waals surface area contributed by atoms with Crippen LogP contribution in [0, 0.1) is 11.3 Å². The first-order valence-electron chi connectivity index (χ1n) is 5.05. The standard InChI is InChI=1S/C11H6F5NO3S/c1-19-9(18)8-5(4-17)6(20-10(12)13)2-3-7(8)21-11(14,15)16/h2-3,10H,1H3. The molecule has 0 amide bonds. The number of carbonyl (C=O) groups excluding carboxylic acids is 1. The number of hydrogen-bond donors (Lipinski definition) is 0. The van der Waals surface area contributed by atoms with Crippen molar-refractivity contribution in [1.29, 1.82) is 5.26 Å². The fourth-order valence-electron chi connectivity index (χ4n) is 1.38. The van der Waals surface area contributed by atoms with Crippen LogP contribution in [0.5, 0.6) is 5.75 Å². The van der Waals surface area contributed by atoms with Gasteiger partial charge in [-0.3, -0.25) is 0 Å². The molecule has 0 unspecified atom stereocenters. The third-order valence-electron chi connectivity index (χ3n) is 2.07. The van der Waals surface area contributed by atoms with Gasteiger partial charge in [0.05, 0.1) is 12.7 Å². The molecule has 4 nitrogen and oxygen atoms in total. The third kappa shape index (κ3) is 4.49. The number of alkyl halides is 5. The van der Waals surface area contributed by atoms with Crippen molar-refractivity contribution in [2.24, 2.45) is 0 Å². The summed E-state index contributed by atoms with van der Waals surface area (Å²) < 4.78 is 69.9. The van der Waals surface area contributed by atoms with Crippen LogP contribution in [0.2, 0.25) is 0 Å². The lowest BCUT2D eigenvalue weighted by Crippen LogP contribution is -2.12. The Kier molecular flexibility index (Phi) is 5.37. The van der Waals surface area contributed by atoms with Gasteiger partial charge in [0, 0.05) is 4.90 Å². The summed E-state index contributed by atoms with van der Waals surface area (Å²) in [6.45, 7) is -3.30. The summed E-state index contributed by atoms with van der Waals surface area (Å²) in [7, 11) is 0.881. The molecular weight excluding hydrogens is 321 g/mol. The molecule has 0 atom stereocenters. The Balaban J connectivity index is 3.47. The average Bonchev–Trinajstić information content (AvgIpc) is 2.36. The van der Waals surface area contributed by atoms with E-state index in [4.69, 9.17) is 5.26 Å². The summed E-state index contributed by atoms with van der Waals surface area (Å²) >= 11 is -0.667. The molecule has 0 radical (unpaired) electrons. The normalized spacial score (nSPS) is 11.1. The van der Waals surface area contributed by atoms with Crippen molar-refractivity contribution in [3.05, 3.63) is 23.3 Å². The van der Waals surface area contributed by atoms with Gasteiger partial charge in [0.25, 0.3) is 0 Å². The highest BCUT2D eigenvalue weighted by atomic mass is 32.2. The number of nitriles is 1. The highest BCUT2D eigenvalue weighted by molar-refractivity contribution is 8.00. The van der Waals surface area contributed by atoms with Crippen LogP contribution in [0.3, 0.4) is 0 Å². The average molecular weight is 327 g/mol. The fourth-order valence-corrected chi connectivity index (χ4v) is 2.06. The van der Waals surface area contributed by atoms with Crippen molar-refractivity contribution in [3.63, 3.8) is 0 Å². The lowest BCUT2D eigenvalue weighted by atomic mass is 10.1. The molecule has 1 aromatic rings. The molecule has 0 aliphatic carbocycles. The molecule has 1 aromatic carbocycles. The van der Waals surface area contributed by atoms with Crippen molar-refractivity contribution in [1.82, 2.24) is 0 Å². The van der Waals surface area contributed by atoms with E-state index in [1.54, 1.807) is 0 Å². The highest BCUT2D eigenvalue weighted by Crippen LogP contribution is 2.41. The first-order chi connectivity index (χ1) is 9.69. The van der Waals surface area contributed by atoms with Crippen molar-refractivity contribution in [2.75, 3.05) is 7.11 Å². The summed E-state index contributed by atoms with van der Waals surface area (Å²) in [5.74, 6) is -1.97. The zero-order valence-electron chi connectivity index (χ0n) is 10.2. The zero-order chi connectivity index (χ0) is 16.2. The lowest BCUT2D eigenvalue weighted by Gasteiger charge is -2.14. The molecule has 114 valence electrons. The van der Waals surface area contributed by atoms with Crippen LogP contribution in [-0.4, -0.2) is 25.2 Å². The van der Waals surface area contributed by atoms with Crippen LogP contribution in [0.4, 0.5) is 22.0 Å². The van der Waals surface area contributed by atoms with E-state index in [1.807, 2.05) is 0 Å². The predicted octanol–water partition coefficient (Wildman–Crippen LogP) is 3.56. The minimum absolute atomic E-state index is 0.646. The maximum atomic E-state index is 12.4. The van der Waals surface area contributed by atoms with E-state index in [0.717, 1.165) is 19.2 Å².